The van der Waals surface area contributed by atoms with Crippen LogP contribution in [-0.2, 0) is 11.8 Å². The SMILES string of the molecule is CC(C)(C)c1cc(CCO)cc(-n2nc3ccc(C(=O)Nc4ccccc4)cc3n2)c1O. The highest BCUT2D eigenvalue weighted by Crippen LogP contribution is 2.36. The highest BCUT2D eigenvalue weighted by atomic mass is 16.3. The fraction of sp³-hybridized carbons (Fsp3) is 0.240. The molecule has 7 heteroatoms. The highest BCUT2D eigenvalue weighted by Gasteiger charge is 2.23. The smallest absolute Gasteiger partial charge is 0.255 e. The first-order valence-corrected chi connectivity index (χ1v) is 10.5. The molecule has 1 aromatic heterocycles. The van der Waals surface area contributed by atoms with Gasteiger partial charge in [-0.2, -0.15) is 0 Å². The number of para-hydroxylation sites is 1. The summed E-state index contributed by atoms with van der Waals surface area (Å²) in [6.45, 7) is 6.04. The van der Waals surface area contributed by atoms with Crippen LogP contribution in [0.4, 0.5) is 5.69 Å². The molecular weight excluding hydrogens is 404 g/mol. The van der Waals surface area contributed by atoms with Crippen molar-refractivity contribution in [2.45, 2.75) is 32.6 Å². The summed E-state index contributed by atoms with van der Waals surface area (Å²) in [5.74, 6) is -0.142. The van der Waals surface area contributed by atoms with Crippen molar-refractivity contribution >= 4 is 22.6 Å². The maximum Gasteiger partial charge on any atom is 0.255 e. The number of benzene rings is 3. The lowest BCUT2D eigenvalue weighted by molar-refractivity contribution is 0.102. The van der Waals surface area contributed by atoms with Gasteiger partial charge in [-0.05, 0) is 53.8 Å². The van der Waals surface area contributed by atoms with Gasteiger partial charge in [-0.15, -0.1) is 15.0 Å². The first kappa shape index (κ1) is 21.5. The van der Waals surface area contributed by atoms with Gasteiger partial charge in [0, 0.05) is 23.4 Å². The number of nitrogens with one attached hydrogen (secondary N) is 1. The molecule has 7 nitrogen and oxygen atoms in total. The van der Waals surface area contributed by atoms with E-state index in [0.29, 0.717) is 34.4 Å². The van der Waals surface area contributed by atoms with Crippen LogP contribution >= 0.6 is 0 Å². The van der Waals surface area contributed by atoms with Gasteiger partial charge in [0.15, 0.2) is 0 Å². The monoisotopic (exact) mass is 430 g/mol. The Labute approximate surface area is 186 Å². The van der Waals surface area contributed by atoms with Gasteiger partial charge in [0.05, 0.1) is 0 Å². The van der Waals surface area contributed by atoms with E-state index in [4.69, 9.17) is 0 Å². The van der Waals surface area contributed by atoms with Crippen molar-refractivity contribution in [2.75, 3.05) is 11.9 Å². The predicted molar refractivity (Wildman–Crippen MR) is 124 cm³/mol. The summed E-state index contributed by atoms with van der Waals surface area (Å²) in [6, 6.07) is 18.0. The molecule has 3 aromatic carbocycles. The van der Waals surface area contributed by atoms with Crippen molar-refractivity contribution in [1.82, 2.24) is 15.0 Å². The molecule has 0 aliphatic rings. The zero-order valence-corrected chi connectivity index (χ0v) is 18.3. The van der Waals surface area contributed by atoms with E-state index in [1.165, 1.54) is 4.80 Å². The molecule has 0 fully saturated rings. The Morgan fingerprint density at radius 1 is 1.00 bits per heavy atom. The number of hydrogen-bond donors (Lipinski definition) is 3. The van der Waals surface area contributed by atoms with Gasteiger partial charge in [0.2, 0.25) is 0 Å². The van der Waals surface area contributed by atoms with Crippen LogP contribution in [0.15, 0.2) is 60.7 Å². The molecule has 164 valence electrons. The van der Waals surface area contributed by atoms with Crippen LogP contribution in [0.25, 0.3) is 16.7 Å². The standard InChI is InChI=1S/C25H26N4O3/c1-25(2,3)19-13-16(11-12-30)14-22(23(19)31)29-27-20-10-9-17(15-21(20)28-29)24(32)26-18-7-5-4-6-8-18/h4-10,13-15,30-31H,11-12H2,1-3H3,(H,26,32). The average molecular weight is 431 g/mol. The largest absolute Gasteiger partial charge is 0.505 e. The maximum absolute atomic E-state index is 12.6. The summed E-state index contributed by atoms with van der Waals surface area (Å²) in [5.41, 5.74) is 4.08. The first-order valence-electron chi connectivity index (χ1n) is 10.5. The normalized spacial score (nSPS) is 11.6. The van der Waals surface area contributed by atoms with Crippen LogP contribution in [-0.4, -0.2) is 37.7 Å². The number of aliphatic hydroxyl groups excluding tert-OH is 1. The van der Waals surface area contributed by atoms with Gasteiger partial charge in [-0.1, -0.05) is 45.0 Å². The van der Waals surface area contributed by atoms with E-state index < -0.39 is 0 Å². The molecule has 4 aromatic rings. The summed E-state index contributed by atoms with van der Waals surface area (Å²) in [4.78, 5) is 14.0. The van der Waals surface area contributed by atoms with Crippen LogP contribution in [0.2, 0.25) is 0 Å². The van der Waals surface area contributed by atoms with Crippen molar-refractivity contribution in [3.63, 3.8) is 0 Å². The lowest BCUT2D eigenvalue weighted by Crippen LogP contribution is -2.14. The number of phenolic OH excluding ortho intramolecular Hbond substituents is 1. The van der Waals surface area contributed by atoms with E-state index >= 15 is 0 Å². The number of anilines is 1. The molecule has 0 spiro atoms. The van der Waals surface area contributed by atoms with E-state index in [-0.39, 0.29) is 23.7 Å². The molecule has 32 heavy (non-hydrogen) atoms. The van der Waals surface area contributed by atoms with E-state index in [2.05, 4.69) is 15.5 Å². The molecule has 0 unspecified atom stereocenters. The Hall–Kier alpha value is -3.71. The number of amides is 1. The Kier molecular flexibility index (Phi) is 5.67. The predicted octanol–water partition coefficient (Wildman–Crippen LogP) is 4.21. The van der Waals surface area contributed by atoms with Crippen LogP contribution < -0.4 is 5.32 Å². The van der Waals surface area contributed by atoms with Gasteiger partial charge < -0.3 is 15.5 Å². The number of nitrogens with zero attached hydrogens (tertiary/aromatic N) is 3. The number of aromatic hydroxyl groups is 1. The number of phenols is 1. The third-order valence-corrected chi connectivity index (χ3v) is 5.25. The lowest BCUT2D eigenvalue weighted by atomic mass is 9.84. The number of hydrogen-bond acceptors (Lipinski definition) is 5. The quantitative estimate of drug-likeness (QED) is 0.440. The van der Waals surface area contributed by atoms with E-state index in [0.717, 1.165) is 11.1 Å². The minimum Gasteiger partial charge on any atom is -0.505 e. The third kappa shape index (κ3) is 4.33. The molecular formula is C25H26N4O3. The molecule has 0 saturated heterocycles. The second-order valence-electron chi connectivity index (χ2n) is 8.75. The Balaban J connectivity index is 1.73. The Morgan fingerprint density at radius 2 is 1.72 bits per heavy atom. The Bertz CT molecular complexity index is 1270. The van der Waals surface area contributed by atoms with Crippen molar-refractivity contribution in [1.29, 1.82) is 0 Å². The van der Waals surface area contributed by atoms with Crippen molar-refractivity contribution < 1.29 is 15.0 Å². The van der Waals surface area contributed by atoms with Crippen molar-refractivity contribution in [3.05, 3.63) is 77.4 Å². The first-order chi connectivity index (χ1) is 15.3. The van der Waals surface area contributed by atoms with Gasteiger partial charge in [-0.25, -0.2) is 0 Å². The van der Waals surface area contributed by atoms with Gasteiger partial charge in [0.1, 0.15) is 22.5 Å². The van der Waals surface area contributed by atoms with Gasteiger partial charge in [-0.3, -0.25) is 4.79 Å². The number of rotatable bonds is 5. The number of aliphatic hydroxyl groups is 1. The molecule has 0 aliphatic carbocycles. The fourth-order valence-corrected chi connectivity index (χ4v) is 3.56. The molecule has 3 N–H and O–H groups in total. The van der Waals surface area contributed by atoms with Gasteiger partial charge >= 0.3 is 0 Å². The average Bonchev–Trinajstić information content (AvgIpc) is 3.18. The van der Waals surface area contributed by atoms with E-state index in [1.54, 1.807) is 24.3 Å². The number of carbonyl (C=O) groups is 1. The maximum atomic E-state index is 12.6. The third-order valence-electron chi connectivity index (χ3n) is 5.25. The van der Waals surface area contributed by atoms with E-state index in [1.807, 2.05) is 57.2 Å². The fourth-order valence-electron chi connectivity index (χ4n) is 3.56. The minimum atomic E-state index is -0.306. The summed E-state index contributed by atoms with van der Waals surface area (Å²) in [5, 5.41) is 32.3. The summed E-state index contributed by atoms with van der Waals surface area (Å²) < 4.78 is 0. The topological polar surface area (TPSA) is 100 Å². The number of fused-ring (bicyclic) bond motifs is 1. The molecule has 4 rings (SSSR count). The number of carbonyl (C=O) groups excluding carboxylic acids is 1. The molecule has 1 amide bonds. The molecule has 0 radical (unpaired) electrons. The number of aromatic nitrogens is 3. The highest BCUT2D eigenvalue weighted by molar-refractivity contribution is 6.05. The summed E-state index contributed by atoms with van der Waals surface area (Å²) in [6.07, 6.45) is 0.459. The molecule has 0 bridgehead atoms. The van der Waals surface area contributed by atoms with Gasteiger partial charge in [0.25, 0.3) is 5.91 Å². The van der Waals surface area contributed by atoms with Crippen molar-refractivity contribution in [2.24, 2.45) is 0 Å². The molecule has 0 saturated carbocycles. The minimum absolute atomic E-state index is 0.00218. The zero-order valence-electron chi connectivity index (χ0n) is 18.3. The summed E-state index contributed by atoms with van der Waals surface area (Å²) in [7, 11) is 0. The zero-order chi connectivity index (χ0) is 22.9. The van der Waals surface area contributed by atoms with Crippen LogP contribution in [0.3, 0.4) is 0 Å². The van der Waals surface area contributed by atoms with Crippen LogP contribution in [0.1, 0.15) is 42.3 Å². The van der Waals surface area contributed by atoms with E-state index in [9.17, 15) is 15.0 Å². The molecule has 0 aliphatic heterocycles. The molecule has 1 heterocycles. The Morgan fingerprint density at radius 3 is 2.41 bits per heavy atom. The van der Waals surface area contributed by atoms with Crippen LogP contribution in [0, 0.1) is 0 Å². The second-order valence-corrected chi connectivity index (χ2v) is 8.75. The lowest BCUT2D eigenvalue weighted by Gasteiger charge is -2.23. The second kappa shape index (κ2) is 8.43. The van der Waals surface area contributed by atoms with Crippen molar-refractivity contribution in [3.8, 4) is 11.4 Å². The van der Waals surface area contributed by atoms with Crippen LogP contribution in [0.5, 0.6) is 5.75 Å². The molecule has 0 atom stereocenters. The summed E-state index contributed by atoms with van der Waals surface area (Å²) >= 11 is 0.